The normalized spacial score (nSPS) is 10.7. The maximum Gasteiger partial charge on any atom is 0.195 e. The highest BCUT2D eigenvalue weighted by molar-refractivity contribution is 7.99. The van der Waals surface area contributed by atoms with Gasteiger partial charge in [0.1, 0.15) is 17.3 Å². The van der Waals surface area contributed by atoms with Crippen molar-refractivity contribution in [1.29, 1.82) is 0 Å². The third-order valence-corrected chi connectivity index (χ3v) is 5.53. The second-order valence-corrected chi connectivity index (χ2v) is 7.90. The molecule has 0 atom stereocenters. The van der Waals surface area contributed by atoms with E-state index in [-0.39, 0.29) is 0 Å². The quantitative estimate of drug-likeness (QED) is 0.248. The van der Waals surface area contributed by atoms with Crippen LogP contribution < -0.4 is 9.47 Å². The van der Waals surface area contributed by atoms with Crippen molar-refractivity contribution in [3.05, 3.63) is 96.3 Å². The molecule has 4 rings (SSSR count). The Labute approximate surface area is 187 Å². The number of para-hydroxylation sites is 1. The molecule has 4 aromatic rings. The minimum absolute atomic E-state index is 0.596. The van der Waals surface area contributed by atoms with E-state index < -0.39 is 0 Å². The number of ether oxygens (including phenoxy) is 2. The van der Waals surface area contributed by atoms with Crippen LogP contribution >= 0.6 is 11.8 Å². The van der Waals surface area contributed by atoms with Crippen LogP contribution in [0.4, 0.5) is 0 Å². The molecule has 0 unspecified atom stereocenters. The smallest absolute Gasteiger partial charge is 0.195 e. The summed E-state index contributed by atoms with van der Waals surface area (Å²) in [6.45, 7) is 3.23. The standard InChI is InChI=1S/C25H25N3O2S/c1-2-29-23-15-13-21(14-16-23)28-24(19-20-9-5-3-6-10-20)26-27-25(28)31-18-17-30-22-11-7-4-8-12-22/h3-16H,2,17-19H2,1H3. The molecule has 5 nitrogen and oxygen atoms in total. The Hall–Kier alpha value is -3.25. The van der Waals surface area contributed by atoms with Crippen LogP contribution in [0.2, 0.25) is 0 Å². The lowest BCUT2D eigenvalue weighted by atomic mass is 10.1. The van der Waals surface area contributed by atoms with Gasteiger partial charge in [0.05, 0.1) is 13.2 Å². The molecule has 0 aliphatic heterocycles. The number of hydrogen-bond acceptors (Lipinski definition) is 5. The fourth-order valence-electron chi connectivity index (χ4n) is 3.21. The molecule has 1 aromatic heterocycles. The second-order valence-electron chi connectivity index (χ2n) is 6.83. The van der Waals surface area contributed by atoms with Crippen LogP contribution in [0.5, 0.6) is 11.5 Å². The summed E-state index contributed by atoms with van der Waals surface area (Å²) in [6, 6.07) is 28.3. The SMILES string of the molecule is CCOc1ccc(-n2c(Cc3ccccc3)nnc2SCCOc2ccccc2)cc1. The molecule has 3 aromatic carbocycles. The van der Waals surface area contributed by atoms with Crippen LogP contribution in [0.15, 0.2) is 90.1 Å². The summed E-state index contributed by atoms with van der Waals surface area (Å²) in [7, 11) is 0. The largest absolute Gasteiger partial charge is 0.494 e. The lowest BCUT2D eigenvalue weighted by Crippen LogP contribution is -2.06. The Morgan fingerprint density at radius 3 is 2.16 bits per heavy atom. The molecule has 31 heavy (non-hydrogen) atoms. The van der Waals surface area contributed by atoms with Crippen molar-refractivity contribution in [3.63, 3.8) is 0 Å². The third kappa shape index (κ3) is 5.67. The average Bonchev–Trinajstić information content (AvgIpc) is 3.21. The van der Waals surface area contributed by atoms with Crippen molar-refractivity contribution in [2.45, 2.75) is 18.5 Å². The minimum atomic E-state index is 0.596. The molecule has 0 radical (unpaired) electrons. The fraction of sp³-hybridized carbons (Fsp3) is 0.200. The number of hydrogen-bond donors (Lipinski definition) is 0. The van der Waals surface area contributed by atoms with Crippen LogP contribution in [-0.2, 0) is 6.42 Å². The highest BCUT2D eigenvalue weighted by atomic mass is 32.2. The Morgan fingerprint density at radius 1 is 0.774 bits per heavy atom. The molecular formula is C25H25N3O2S. The van der Waals surface area contributed by atoms with Gasteiger partial charge in [-0.25, -0.2) is 0 Å². The van der Waals surface area contributed by atoms with Crippen LogP contribution in [-0.4, -0.2) is 33.7 Å². The van der Waals surface area contributed by atoms with Crippen molar-refractivity contribution in [3.8, 4) is 17.2 Å². The predicted molar refractivity (Wildman–Crippen MR) is 124 cm³/mol. The van der Waals surface area contributed by atoms with Gasteiger partial charge in [0.15, 0.2) is 5.16 Å². The van der Waals surface area contributed by atoms with Gasteiger partial charge < -0.3 is 9.47 Å². The Balaban J connectivity index is 1.52. The van der Waals surface area contributed by atoms with Gasteiger partial charge in [-0.2, -0.15) is 0 Å². The van der Waals surface area contributed by atoms with Crippen LogP contribution in [0.25, 0.3) is 5.69 Å². The molecule has 0 spiro atoms. The van der Waals surface area contributed by atoms with Crippen LogP contribution in [0, 0.1) is 0 Å². The van der Waals surface area contributed by atoms with Crippen molar-refractivity contribution < 1.29 is 9.47 Å². The summed E-state index contributed by atoms with van der Waals surface area (Å²) in [4.78, 5) is 0. The topological polar surface area (TPSA) is 49.2 Å². The summed E-state index contributed by atoms with van der Waals surface area (Å²) < 4.78 is 13.5. The van der Waals surface area contributed by atoms with Crippen molar-refractivity contribution in [2.24, 2.45) is 0 Å². The van der Waals surface area contributed by atoms with E-state index in [4.69, 9.17) is 9.47 Å². The van der Waals surface area contributed by atoms with E-state index in [0.717, 1.165) is 33.9 Å². The zero-order chi connectivity index (χ0) is 21.3. The minimum Gasteiger partial charge on any atom is -0.494 e. The molecule has 0 saturated heterocycles. The lowest BCUT2D eigenvalue weighted by molar-refractivity contribution is 0.340. The van der Waals surface area contributed by atoms with Crippen molar-refractivity contribution >= 4 is 11.8 Å². The number of benzene rings is 3. The third-order valence-electron chi connectivity index (χ3n) is 4.64. The fourth-order valence-corrected chi connectivity index (χ4v) is 4.00. The van der Waals surface area contributed by atoms with Crippen molar-refractivity contribution in [2.75, 3.05) is 19.0 Å². The number of rotatable bonds is 10. The molecule has 158 valence electrons. The predicted octanol–water partition coefficient (Wildman–Crippen LogP) is 5.43. The van der Waals surface area contributed by atoms with Gasteiger partial charge in [-0.05, 0) is 48.9 Å². The summed E-state index contributed by atoms with van der Waals surface area (Å²) >= 11 is 1.64. The Kier molecular flexibility index (Phi) is 7.24. The van der Waals surface area contributed by atoms with Crippen molar-refractivity contribution in [1.82, 2.24) is 14.8 Å². The average molecular weight is 432 g/mol. The van der Waals surface area contributed by atoms with E-state index in [1.165, 1.54) is 5.56 Å². The Morgan fingerprint density at radius 2 is 1.45 bits per heavy atom. The van der Waals surface area contributed by atoms with Crippen LogP contribution in [0.3, 0.4) is 0 Å². The molecule has 0 saturated carbocycles. The van der Waals surface area contributed by atoms with Gasteiger partial charge in [-0.3, -0.25) is 4.57 Å². The molecule has 0 N–H and O–H groups in total. The highest BCUT2D eigenvalue weighted by Crippen LogP contribution is 2.25. The molecule has 1 heterocycles. The molecule has 0 aliphatic rings. The van der Waals surface area contributed by atoms with E-state index in [1.54, 1.807) is 11.8 Å². The van der Waals surface area contributed by atoms with E-state index in [1.807, 2.05) is 79.7 Å². The van der Waals surface area contributed by atoms with Gasteiger partial charge in [-0.15, -0.1) is 10.2 Å². The summed E-state index contributed by atoms with van der Waals surface area (Å²) in [6.07, 6.45) is 0.710. The highest BCUT2D eigenvalue weighted by Gasteiger charge is 2.15. The number of aromatic nitrogens is 3. The monoisotopic (exact) mass is 431 g/mol. The molecule has 0 aliphatic carbocycles. The maximum absolute atomic E-state index is 5.82. The first kappa shape index (κ1) is 21.0. The molecule has 6 heteroatoms. The first-order chi connectivity index (χ1) is 15.3. The number of thioether (sulfide) groups is 1. The van der Waals surface area contributed by atoms with Gasteiger partial charge in [0, 0.05) is 17.9 Å². The van der Waals surface area contributed by atoms with E-state index in [0.29, 0.717) is 19.6 Å². The van der Waals surface area contributed by atoms with E-state index in [9.17, 15) is 0 Å². The zero-order valence-corrected chi connectivity index (χ0v) is 18.3. The first-order valence-electron chi connectivity index (χ1n) is 10.4. The summed E-state index contributed by atoms with van der Waals surface area (Å²) in [5, 5.41) is 9.84. The lowest BCUT2D eigenvalue weighted by Gasteiger charge is -2.12. The maximum atomic E-state index is 5.82. The van der Waals surface area contributed by atoms with Gasteiger partial charge in [0.2, 0.25) is 0 Å². The molecular weight excluding hydrogens is 406 g/mol. The summed E-state index contributed by atoms with van der Waals surface area (Å²) in [5.41, 5.74) is 2.22. The molecule has 0 fully saturated rings. The number of nitrogens with zero attached hydrogens (tertiary/aromatic N) is 3. The van der Waals surface area contributed by atoms with Crippen LogP contribution in [0.1, 0.15) is 18.3 Å². The van der Waals surface area contributed by atoms with E-state index in [2.05, 4.69) is 26.9 Å². The van der Waals surface area contributed by atoms with E-state index >= 15 is 0 Å². The van der Waals surface area contributed by atoms with Gasteiger partial charge in [-0.1, -0.05) is 60.3 Å². The second kappa shape index (κ2) is 10.7. The first-order valence-corrected chi connectivity index (χ1v) is 11.3. The molecule has 0 bridgehead atoms. The summed E-state index contributed by atoms with van der Waals surface area (Å²) in [5.74, 6) is 3.41. The zero-order valence-electron chi connectivity index (χ0n) is 17.5. The van der Waals surface area contributed by atoms with Gasteiger partial charge >= 0.3 is 0 Å². The van der Waals surface area contributed by atoms with Gasteiger partial charge in [0.25, 0.3) is 0 Å². The Bertz CT molecular complexity index is 1070. The molecule has 0 amide bonds.